The molecule has 2 rings (SSSR count). The van der Waals surface area contributed by atoms with Gasteiger partial charge in [-0.05, 0) is 18.9 Å². The molecule has 0 radical (unpaired) electrons. The minimum absolute atomic E-state index is 0.0860. The number of ketones is 1. The first-order chi connectivity index (χ1) is 9.75. The number of rotatable bonds is 7. The average molecular weight is 268 g/mol. The summed E-state index contributed by atoms with van der Waals surface area (Å²) in [5.41, 5.74) is 1.94. The molecule has 0 spiro atoms. The van der Waals surface area contributed by atoms with Crippen molar-refractivity contribution in [2.24, 2.45) is 0 Å². The highest BCUT2D eigenvalue weighted by Crippen LogP contribution is 2.10. The molecule has 0 aromatic heterocycles. The average Bonchev–Trinajstić information content (AvgIpc) is 2.52. The molecule has 2 aromatic carbocycles. The van der Waals surface area contributed by atoms with Gasteiger partial charge >= 0.3 is 0 Å². The van der Waals surface area contributed by atoms with Gasteiger partial charge in [-0.15, -0.1) is 0 Å². The summed E-state index contributed by atoms with van der Waals surface area (Å²) in [6, 6.07) is 19.5. The van der Waals surface area contributed by atoms with Gasteiger partial charge in [0.15, 0.2) is 5.78 Å². The van der Waals surface area contributed by atoms with Crippen LogP contribution in [0.4, 0.5) is 0 Å². The van der Waals surface area contributed by atoms with E-state index in [1.807, 2.05) is 67.6 Å². The van der Waals surface area contributed by atoms with Gasteiger partial charge in [-0.25, -0.2) is 0 Å². The zero-order valence-corrected chi connectivity index (χ0v) is 11.8. The van der Waals surface area contributed by atoms with Gasteiger partial charge in [-0.2, -0.15) is 0 Å². The SMILES string of the molecule is C[C@@H](CCC(=O)c1ccccc1)OCc1ccccc1. The van der Waals surface area contributed by atoms with Crippen LogP contribution in [-0.4, -0.2) is 11.9 Å². The Hall–Kier alpha value is -1.93. The lowest BCUT2D eigenvalue weighted by Gasteiger charge is -2.12. The second-order valence-corrected chi connectivity index (χ2v) is 4.94. The van der Waals surface area contributed by atoms with Gasteiger partial charge in [-0.3, -0.25) is 4.79 Å². The summed E-state index contributed by atoms with van der Waals surface area (Å²) < 4.78 is 5.76. The number of Topliss-reactive ketones (excluding diaryl/α,β-unsaturated/α-hetero) is 1. The van der Waals surface area contributed by atoms with E-state index in [1.165, 1.54) is 0 Å². The normalized spacial score (nSPS) is 12.1. The van der Waals surface area contributed by atoms with Gasteiger partial charge in [0.2, 0.25) is 0 Å². The van der Waals surface area contributed by atoms with Gasteiger partial charge in [0.05, 0.1) is 12.7 Å². The Morgan fingerprint density at radius 3 is 2.25 bits per heavy atom. The van der Waals surface area contributed by atoms with Crippen molar-refractivity contribution in [2.75, 3.05) is 0 Å². The second kappa shape index (κ2) is 7.61. The largest absolute Gasteiger partial charge is 0.374 e. The van der Waals surface area contributed by atoms with Crippen LogP contribution in [0.25, 0.3) is 0 Å². The summed E-state index contributed by atoms with van der Waals surface area (Å²) in [5.74, 6) is 0.181. The van der Waals surface area contributed by atoms with Crippen LogP contribution in [0.3, 0.4) is 0 Å². The Morgan fingerprint density at radius 2 is 1.60 bits per heavy atom. The van der Waals surface area contributed by atoms with Crippen molar-refractivity contribution in [3.63, 3.8) is 0 Å². The fraction of sp³-hybridized carbons (Fsp3) is 0.278. The standard InChI is InChI=1S/C18H20O2/c1-15(20-14-16-8-4-2-5-9-16)12-13-18(19)17-10-6-3-7-11-17/h2-11,15H,12-14H2,1H3/t15-/m0/s1. The molecule has 0 aliphatic rings. The van der Waals surface area contributed by atoms with E-state index in [-0.39, 0.29) is 11.9 Å². The minimum atomic E-state index is 0.0860. The van der Waals surface area contributed by atoms with Gasteiger partial charge in [0.25, 0.3) is 0 Å². The minimum Gasteiger partial charge on any atom is -0.374 e. The molecule has 1 atom stereocenters. The highest BCUT2D eigenvalue weighted by Gasteiger charge is 2.09. The zero-order valence-electron chi connectivity index (χ0n) is 11.8. The molecule has 2 heteroatoms. The summed E-state index contributed by atoms with van der Waals surface area (Å²) in [6.45, 7) is 2.61. The molecule has 2 aromatic rings. The van der Waals surface area contributed by atoms with E-state index < -0.39 is 0 Å². The molecule has 0 amide bonds. The molecule has 0 aliphatic heterocycles. The van der Waals surface area contributed by atoms with Crippen molar-refractivity contribution >= 4 is 5.78 Å². The van der Waals surface area contributed by atoms with Gasteiger partial charge in [-0.1, -0.05) is 60.7 Å². The lowest BCUT2D eigenvalue weighted by Crippen LogP contribution is -2.11. The van der Waals surface area contributed by atoms with E-state index in [1.54, 1.807) is 0 Å². The molecule has 0 heterocycles. The van der Waals surface area contributed by atoms with Crippen molar-refractivity contribution in [1.29, 1.82) is 0 Å². The predicted molar refractivity (Wildman–Crippen MR) is 80.7 cm³/mol. The van der Waals surface area contributed by atoms with Crippen LogP contribution in [-0.2, 0) is 11.3 Å². The monoisotopic (exact) mass is 268 g/mol. The molecular weight excluding hydrogens is 248 g/mol. The molecule has 104 valence electrons. The Kier molecular flexibility index (Phi) is 5.51. The molecule has 2 nitrogen and oxygen atoms in total. The first-order valence-corrected chi connectivity index (χ1v) is 6.99. The number of ether oxygens (including phenoxy) is 1. The van der Waals surface area contributed by atoms with E-state index in [0.717, 1.165) is 17.5 Å². The highest BCUT2D eigenvalue weighted by atomic mass is 16.5. The van der Waals surface area contributed by atoms with Crippen LogP contribution in [0.1, 0.15) is 35.7 Å². The number of hydrogen-bond donors (Lipinski definition) is 0. The van der Waals surface area contributed by atoms with Crippen LogP contribution >= 0.6 is 0 Å². The summed E-state index contributed by atoms with van der Waals surface area (Å²) in [5, 5.41) is 0. The van der Waals surface area contributed by atoms with Gasteiger partial charge < -0.3 is 4.74 Å². The van der Waals surface area contributed by atoms with Crippen LogP contribution in [0.15, 0.2) is 60.7 Å². The molecule has 0 unspecified atom stereocenters. The second-order valence-electron chi connectivity index (χ2n) is 4.94. The van der Waals surface area contributed by atoms with Crippen LogP contribution in [0, 0.1) is 0 Å². The third kappa shape index (κ3) is 4.63. The van der Waals surface area contributed by atoms with Crippen molar-refractivity contribution in [3.8, 4) is 0 Å². The van der Waals surface area contributed by atoms with E-state index in [9.17, 15) is 4.79 Å². The lowest BCUT2D eigenvalue weighted by atomic mass is 10.1. The molecule has 20 heavy (non-hydrogen) atoms. The van der Waals surface area contributed by atoms with Gasteiger partial charge in [0, 0.05) is 12.0 Å². The summed E-state index contributed by atoms with van der Waals surface area (Å²) in [4.78, 5) is 12.0. The van der Waals surface area contributed by atoms with Crippen molar-refractivity contribution in [1.82, 2.24) is 0 Å². The maximum Gasteiger partial charge on any atom is 0.162 e. The van der Waals surface area contributed by atoms with Crippen LogP contribution in [0.2, 0.25) is 0 Å². The maximum atomic E-state index is 12.0. The fourth-order valence-electron chi connectivity index (χ4n) is 2.00. The lowest BCUT2D eigenvalue weighted by molar-refractivity contribution is 0.0452. The maximum absolute atomic E-state index is 12.0. The summed E-state index contributed by atoms with van der Waals surface area (Å²) in [7, 11) is 0. The highest BCUT2D eigenvalue weighted by molar-refractivity contribution is 5.95. The molecule has 0 N–H and O–H groups in total. The third-order valence-corrected chi connectivity index (χ3v) is 3.25. The van der Waals surface area contributed by atoms with Crippen molar-refractivity contribution in [3.05, 3.63) is 71.8 Å². The van der Waals surface area contributed by atoms with Crippen LogP contribution < -0.4 is 0 Å². The number of benzene rings is 2. The van der Waals surface area contributed by atoms with E-state index in [0.29, 0.717) is 13.0 Å². The Labute approximate surface area is 120 Å². The number of hydrogen-bond acceptors (Lipinski definition) is 2. The molecule has 0 saturated carbocycles. The predicted octanol–water partition coefficient (Wildman–Crippen LogP) is 4.25. The quantitative estimate of drug-likeness (QED) is 0.701. The molecule has 0 saturated heterocycles. The molecule has 0 aliphatic carbocycles. The van der Waals surface area contributed by atoms with E-state index in [4.69, 9.17) is 4.74 Å². The number of carbonyl (C=O) groups is 1. The zero-order chi connectivity index (χ0) is 14.2. The van der Waals surface area contributed by atoms with Gasteiger partial charge in [0.1, 0.15) is 0 Å². The van der Waals surface area contributed by atoms with E-state index in [2.05, 4.69) is 0 Å². The first kappa shape index (κ1) is 14.5. The Morgan fingerprint density at radius 1 is 1.00 bits per heavy atom. The Balaban J connectivity index is 1.73. The van der Waals surface area contributed by atoms with E-state index >= 15 is 0 Å². The molecule has 0 fully saturated rings. The molecular formula is C18H20O2. The van der Waals surface area contributed by atoms with Crippen LogP contribution in [0.5, 0.6) is 0 Å². The molecule has 0 bridgehead atoms. The third-order valence-electron chi connectivity index (χ3n) is 3.25. The summed E-state index contributed by atoms with van der Waals surface area (Å²) in [6.07, 6.45) is 1.36. The smallest absolute Gasteiger partial charge is 0.162 e. The van der Waals surface area contributed by atoms with Crippen molar-refractivity contribution < 1.29 is 9.53 Å². The van der Waals surface area contributed by atoms with Crippen molar-refractivity contribution in [2.45, 2.75) is 32.5 Å². The first-order valence-electron chi connectivity index (χ1n) is 6.99. The number of carbonyl (C=O) groups excluding carboxylic acids is 1. The summed E-state index contributed by atoms with van der Waals surface area (Å²) >= 11 is 0. The topological polar surface area (TPSA) is 26.3 Å². The Bertz CT molecular complexity index is 520. The fourth-order valence-corrected chi connectivity index (χ4v) is 2.00.